The number of hydrogen-bond donors (Lipinski definition) is 1. The molecule has 0 unspecified atom stereocenters. The molecule has 1 aliphatic carbocycles. The molecule has 0 saturated carbocycles. The first-order valence-electron chi connectivity index (χ1n) is 9.63. The summed E-state index contributed by atoms with van der Waals surface area (Å²) in [6, 6.07) is 16.0. The van der Waals surface area contributed by atoms with Gasteiger partial charge in [0.2, 0.25) is 0 Å². The van der Waals surface area contributed by atoms with E-state index in [0.717, 1.165) is 36.1 Å². The molecule has 0 bridgehead atoms. The van der Waals surface area contributed by atoms with Crippen molar-refractivity contribution < 1.29 is 4.79 Å². The Morgan fingerprint density at radius 1 is 1.14 bits per heavy atom. The van der Waals surface area contributed by atoms with E-state index in [4.69, 9.17) is 0 Å². The second-order valence-electron chi connectivity index (χ2n) is 7.34. The van der Waals surface area contributed by atoms with Crippen LogP contribution in [0.25, 0.3) is 5.69 Å². The number of hydrogen-bond acceptors (Lipinski definition) is 2. The van der Waals surface area contributed by atoms with Gasteiger partial charge in [0.05, 0.1) is 17.9 Å². The molecule has 4 nitrogen and oxygen atoms in total. The fourth-order valence-corrected chi connectivity index (χ4v) is 3.85. The summed E-state index contributed by atoms with van der Waals surface area (Å²) in [4.78, 5) is 12.3. The zero-order valence-corrected chi connectivity index (χ0v) is 16.2. The van der Waals surface area contributed by atoms with E-state index in [1.54, 1.807) is 0 Å². The van der Waals surface area contributed by atoms with E-state index in [2.05, 4.69) is 54.3 Å². The summed E-state index contributed by atoms with van der Waals surface area (Å²) >= 11 is 0. The van der Waals surface area contributed by atoms with Crippen molar-refractivity contribution in [1.82, 2.24) is 15.1 Å². The quantitative estimate of drug-likeness (QED) is 0.693. The van der Waals surface area contributed by atoms with Crippen LogP contribution in [0.4, 0.5) is 0 Å². The van der Waals surface area contributed by atoms with Crippen molar-refractivity contribution in [2.45, 2.75) is 39.2 Å². The second kappa shape index (κ2) is 7.74. The van der Waals surface area contributed by atoms with Gasteiger partial charge in [0, 0.05) is 22.7 Å². The SMILES string of the molecule is Cc1cc(C)cc(-n2ncc3c2CCC[C@H]3NC(=O)C#Cc2ccccc2)c1. The number of carbonyl (C=O) groups excluding carboxylic acids is 1. The highest BCUT2D eigenvalue weighted by molar-refractivity contribution is 5.94. The topological polar surface area (TPSA) is 46.9 Å². The molecule has 0 saturated heterocycles. The third-order valence-electron chi connectivity index (χ3n) is 5.03. The van der Waals surface area contributed by atoms with Gasteiger partial charge in [-0.15, -0.1) is 0 Å². The Bertz CT molecular complexity index is 1050. The van der Waals surface area contributed by atoms with Crippen LogP contribution in [0, 0.1) is 25.7 Å². The molecule has 0 fully saturated rings. The van der Waals surface area contributed by atoms with Crippen LogP contribution in [0.3, 0.4) is 0 Å². The fraction of sp³-hybridized carbons (Fsp3) is 0.250. The summed E-state index contributed by atoms with van der Waals surface area (Å²) in [5.74, 6) is 5.37. The number of rotatable bonds is 2. The Morgan fingerprint density at radius 3 is 2.64 bits per heavy atom. The zero-order chi connectivity index (χ0) is 19.5. The van der Waals surface area contributed by atoms with Crippen LogP contribution in [0.15, 0.2) is 54.7 Å². The Hall–Kier alpha value is -3.32. The van der Waals surface area contributed by atoms with Gasteiger partial charge in [0.1, 0.15) is 0 Å². The first-order chi connectivity index (χ1) is 13.6. The molecule has 0 aliphatic heterocycles. The Kier molecular flexibility index (Phi) is 4.99. The molecule has 1 heterocycles. The van der Waals surface area contributed by atoms with Gasteiger partial charge in [0.15, 0.2) is 0 Å². The molecule has 1 N–H and O–H groups in total. The monoisotopic (exact) mass is 369 g/mol. The predicted octanol–water partition coefficient (Wildman–Crippen LogP) is 4.03. The molecule has 2 aromatic carbocycles. The van der Waals surface area contributed by atoms with Gasteiger partial charge in [-0.3, -0.25) is 4.79 Å². The molecule has 1 aromatic heterocycles. The molecule has 1 atom stereocenters. The molecular formula is C24H23N3O. The van der Waals surface area contributed by atoms with Crippen molar-refractivity contribution in [3.8, 4) is 17.5 Å². The molecule has 4 heteroatoms. The molecule has 4 rings (SSSR count). The summed E-state index contributed by atoms with van der Waals surface area (Å²) in [5, 5.41) is 7.70. The highest BCUT2D eigenvalue weighted by Crippen LogP contribution is 2.31. The molecular weight excluding hydrogens is 346 g/mol. The van der Waals surface area contributed by atoms with Gasteiger partial charge in [-0.25, -0.2) is 4.68 Å². The number of aromatic nitrogens is 2. The summed E-state index contributed by atoms with van der Waals surface area (Å²) in [7, 11) is 0. The van der Waals surface area contributed by atoms with E-state index in [1.165, 1.54) is 16.8 Å². The lowest BCUT2D eigenvalue weighted by atomic mass is 9.93. The van der Waals surface area contributed by atoms with Gasteiger partial charge >= 0.3 is 0 Å². The number of nitrogens with zero attached hydrogens (tertiary/aromatic N) is 2. The minimum atomic E-state index is -0.249. The average molecular weight is 369 g/mol. The summed E-state index contributed by atoms with van der Waals surface area (Å²) in [6.07, 6.45) is 4.77. The van der Waals surface area contributed by atoms with Crippen molar-refractivity contribution in [1.29, 1.82) is 0 Å². The maximum atomic E-state index is 12.3. The molecule has 140 valence electrons. The van der Waals surface area contributed by atoms with Crippen LogP contribution in [-0.4, -0.2) is 15.7 Å². The lowest BCUT2D eigenvalue weighted by Gasteiger charge is -2.23. The van der Waals surface area contributed by atoms with E-state index in [0.29, 0.717) is 0 Å². The van der Waals surface area contributed by atoms with E-state index >= 15 is 0 Å². The zero-order valence-electron chi connectivity index (χ0n) is 16.2. The van der Waals surface area contributed by atoms with Gasteiger partial charge in [-0.1, -0.05) is 30.2 Å². The number of aryl methyl sites for hydroxylation is 2. The van der Waals surface area contributed by atoms with Crippen molar-refractivity contribution in [2.75, 3.05) is 0 Å². The van der Waals surface area contributed by atoms with E-state index in [1.807, 2.05) is 41.2 Å². The fourth-order valence-electron chi connectivity index (χ4n) is 3.85. The predicted molar refractivity (Wildman–Crippen MR) is 110 cm³/mol. The molecule has 3 aromatic rings. The number of fused-ring (bicyclic) bond motifs is 1. The van der Waals surface area contributed by atoms with Crippen molar-refractivity contribution >= 4 is 5.91 Å². The third kappa shape index (κ3) is 3.84. The minimum absolute atomic E-state index is 0.0408. The molecule has 1 aliphatic rings. The van der Waals surface area contributed by atoms with E-state index in [9.17, 15) is 4.79 Å². The second-order valence-corrected chi connectivity index (χ2v) is 7.34. The molecule has 28 heavy (non-hydrogen) atoms. The Labute approximate surface area is 165 Å². The average Bonchev–Trinajstić information content (AvgIpc) is 3.12. The first-order valence-corrected chi connectivity index (χ1v) is 9.63. The summed E-state index contributed by atoms with van der Waals surface area (Å²) in [5.41, 5.74) is 6.63. The van der Waals surface area contributed by atoms with Crippen molar-refractivity contribution in [3.63, 3.8) is 0 Å². The van der Waals surface area contributed by atoms with Gasteiger partial charge in [0.25, 0.3) is 5.91 Å². The van der Waals surface area contributed by atoms with Crippen LogP contribution in [0.5, 0.6) is 0 Å². The number of carbonyl (C=O) groups is 1. The van der Waals surface area contributed by atoms with E-state index in [-0.39, 0.29) is 11.9 Å². The maximum absolute atomic E-state index is 12.3. The third-order valence-corrected chi connectivity index (χ3v) is 5.03. The lowest BCUT2D eigenvalue weighted by Crippen LogP contribution is -2.30. The normalized spacial score (nSPS) is 15.3. The molecule has 0 radical (unpaired) electrons. The largest absolute Gasteiger partial charge is 0.338 e. The van der Waals surface area contributed by atoms with Gasteiger partial charge in [-0.05, 0) is 68.5 Å². The van der Waals surface area contributed by atoms with Crippen LogP contribution in [0.2, 0.25) is 0 Å². The standard InChI is InChI=1S/C24H23N3O/c1-17-13-18(2)15-20(14-17)27-23-10-6-9-22(21(23)16-25-27)26-24(28)12-11-19-7-4-3-5-8-19/h3-5,7-8,13-16,22H,6,9-10H2,1-2H3,(H,26,28)/t22-/m1/s1. The number of nitrogens with one attached hydrogen (secondary N) is 1. The Balaban J connectivity index is 1.56. The highest BCUT2D eigenvalue weighted by Gasteiger charge is 2.25. The van der Waals surface area contributed by atoms with Crippen LogP contribution in [0.1, 0.15) is 46.8 Å². The summed E-state index contributed by atoms with van der Waals surface area (Å²) in [6.45, 7) is 4.20. The molecule has 0 spiro atoms. The highest BCUT2D eigenvalue weighted by atomic mass is 16.1. The van der Waals surface area contributed by atoms with Crippen LogP contribution in [-0.2, 0) is 11.2 Å². The lowest BCUT2D eigenvalue weighted by molar-refractivity contribution is -0.116. The number of benzene rings is 2. The molecule has 1 amide bonds. The minimum Gasteiger partial charge on any atom is -0.338 e. The van der Waals surface area contributed by atoms with Crippen molar-refractivity contribution in [2.24, 2.45) is 0 Å². The van der Waals surface area contributed by atoms with Gasteiger partial charge in [-0.2, -0.15) is 5.10 Å². The summed E-state index contributed by atoms with van der Waals surface area (Å²) < 4.78 is 2.02. The number of amides is 1. The van der Waals surface area contributed by atoms with Crippen LogP contribution < -0.4 is 5.32 Å². The van der Waals surface area contributed by atoms with E-state index < -0.39 is 0 Å². The van der Waals surface area contributed by atoms with Gasteiger partial charge < -0.3 is 5.32 Å². The smallest absolute Gasteiger partial charge is 0.296 e. The van der Waals surface area contributed by atoms with Crippen LogP contribution >= 0.6 is 0 Å². The maximum Gasteiger partial charge on any atom is 0.296 e. The van der Waals surface area contributed by atoms with Crippen molar-refractivity contribution in [3.05, 3.63) is 82.7 Å². The Morgan fingerprint density at radius 2 is 1.89 bits per heavy atom. The first kappa shape index (κ1) is 18.1.